The number of nitrogen functional groups attached to an aromatic ring is 1. The summed E-state index contributed by atoms with van der Waals surface area (Å²) in [6.07, 6.45) is 15.0. The van der Waals surface area contributed by atoms with E-state index in [1.165, 1.54) is 15.9 Å². The molecule has 352 valence electrons. The van der Waals surface area contributed by atoms with Crippen molar-refractivity contribution < 1.29 is 23.3 Å². The fourth-order valence-electron chi connectivity index (χ4n) is 9.99. The Morgan fingerprint density at radius 3 is 2.36 bits per heavy atom. The number of nitrogens with two attached hydrogens (primary N) is 1. The summed E-state index contributed by atoms with van der Waals surface area (Å²) in [5.74, 6) is 2.07. The van der Waals surface area contributed by atoms with Crippen LogP contribution in [-0.4, -0.2) is 125 Å². The number of anilines is 3. The minimum Gasteiger partial charge on any atom is -0.383 e. The van der Waals surface area contributed by atoms with Crippen LogP contribution in [0.3, 0.4) is 0 Å². The minimum absolute atomic E-state index is 0.0377. The molecule has 1 saturated carbocycles. The third-order valence-corrected chi connectivity index (χ3v) is 13.9. The van der Waals surface area contributed by atoms with E-state index in [0.29, 0.717) is 76.0 Å². The van der Waals surface area contributed by atoms with Crippen molar-refractivity contribution in [2.45, 2.75) is 102 Å². The maximum absolute atomic E-state index is 16.0. The molecule has 4 aliphatic rings. The predicted octanol–water partition coefficient (Wildman–Crippen LogP) is 6.32. The zero-order valence-electron chi connectivity index (χ0n) is 38.5. The van der Waals surface area contributed by atoms with Gasteiger partial charge in [0, 0.05) is 95.4 Å². The number of urea groups is 1. The first-order valence-electron chi connectivity index (χ1n) is 23.9. The first kappa shape index (κ1) is 44.3. The van der Waals surface area contributed by atoms with Crippen LogP contribution in [-0.2, 0) is 16.6 Å². The molecule has 3 N–H and O–H groups in total. The number of imide groups is 1. The van der Waals surface area contributed by atoms with Crippen LogP contribution in [0.5, 0.6) is 0 Å². The molecule has 67 heavy (non-hydrogen) atoms. The third kappa shape index (κ3) is 8.78. The fraction of sp³-hybridized carbons (Fsp3) is 0.532. The average molecular weight is 916 g/mol. The Kier molecular flexibility index (Phi) is 12.3. The van der Waals surface area contributed by atoms with E-state index in [4.69, 9.17) is 25.3 Å². The van der Waals surface area contributed by atoms with Gasteiger partial charge in [-0.05, 0) is 82.5 Å². The summed E-state index contributed by atoms with van der Waals surface area (Å²) in [5, 5.41) is 17.3. The number of likely N-dealkylation sites (tertiary alicyclic amines) is 1. The Morgan fingerprint density at radius 1 is 0.881 bits per heavy atom. The van der Waals surface area contributed by atoms with E-state index >= 15 is 4.39 Å². The highest BCUT2D eigenvalue weighted by Gasteiger charge is 2.37. The molecule has 0 bridgehead atoms. The number of rotatable bonds is 15. The van der Waals surface area contributed by atoms with Gasteiger partial charge < -0.3 is 20.1 Å². The summed E-state index contributed by atoms with van der Waals surface area (Å²) < 4.78 is 25.3. The monoisotopic (exact) mass is 915 g/mol. The lowest BCUT2D eigenvalue weighted by Gasteiger charge is -2.36. The van der Waals surface area contributed by atoms with Crippen molar-refractivity contribution in [3.05, 3.63) is 48.0 Å². The molecule has 10 rings (SSSR count). The van der Waals surface area contributed by atoms with E-state index in [1.54, 1.807) is 13.1 Å². The van der Waals surface area contributed by atoms with Crippen molar-refractivity contribution in [3.8, 4) is 22.8 Å². The first-order chi connectivity index (χ1) is 32.5. The highest BCUT2D eigenvalue weighted by molar-refractivity contribution is 6.09. The number of fused-ring (bicyclic) bond motifs is 2. The zero-order valence-corrected chi connectivity index (χ0v) is 38.5. The van der Waals surface area contributed by atoms with Gasteiger partial charge in [-0.15, -0.1) is 0 Å². The van der Waals surface area contributed by atoms with Crippen LogP contribution in [0.4, 0.5) is 26.5 Å². The lowest BCUT2D eigenvalue weighted by atomic mass is 9.91. The van der Waals surface area contributed by atoms with E-state index in [9.17, 15) is 14.4 Å². The van der Waals surface area contributed by atoms with Crippen LogP contribution in [0, 0.1) is 5.82 Å². The molecule has 19 nitrogen and oxygen atoms in total. The summed E-state index contributed by atoms with van der Waals surface area (Å²) in [6, 6.07) is 3.09. The maximum Gasteiger partial charge on any atom is 0.329 e. The van der Waals surface area contributed by atoms with Crippen LogP contribution in [0.15, 0.2) is 35.4 Å². The molecule has 1 aliphatic carbocycles. The van der Waals surface area contributed by atoms with E-state index in [-0.39, 0.29) is 48.5 Å². The summed E-state index contributed by atoms with van der Waals surface area (Å²) in [7, 11) is 1.67. The van der Waals surface area contributed by atoms with Gasteiger partial charge in [0.15, 0.2) is 28.9 Å². The van der Waals surface area contributed by atoms with Crippen LogP contribution < -0.4 is 20.9 Å². The number of aromatic nitrogens is 9. The largest absolute Gasteiger partial charge is 0.383 e. The van der Waals surface area contributed by atoms with Gasteiger partial charge in [-0.1, -0.05) is 24.4 Å². The second-order valence-corrected chi connectivity index (χ2v) is 18.7. The standard InChI is InChI=1S/C47H58FN15O4/c1-28(2)63-46-37(43(49)52-27-53-46)39(55-63)40-36(42(67-57-40)30-10-11-30)44-50-25-31(26-51-44)29-14-18-61(19-15-29)35(65)9-7-5-4-6-8-17-59-21-23-60(24-22-59)33-13-12-32-41(38(33)48)58(3)56-45(32)62-20-16-34(64)54-47(62)66/h12-13,25-30H,4-11,14-24H2,1-3H3,(H2,49,52,53)(H,54,64,66). The lowest BCUT2D eigenvalue weighted by molar-refractivity contribution is -0.132. The normalized spacial score (nSPS) is 17.7. The number of piperidine rings is 1. The highest BCUT2D eigenvalue weighted by Crippen LogP contribution is 2.48. The van der Waals surface area contributed by atoms with Crippen molar-refractivity contribution in [2.75, 3.05) is 67.9 Å². The van der Waals surface area contributed by atoms with Gasteiger partial charge in [0.25, 0.3) is 0 Å². The predicted molar refractivity (Wildman–Crippen MR) is 250 cm³/mol. The molecule has 1 aromatic carbocycles. The van der Waals surface area contributed by atoms with Gasteiger partial charge in [0.1, 0.15) is 29.0 Å². The molecule has 20 heteroatoms. The molecule has 0 unspecified atom stereocenters. The number of carbonyl (C=O) groups is 3. The summed E-state index contributed by atoms with van der Waals surface area (Å²) in [5.41, 5.74) is 10.8. The van der Waals surface area contributed by atoms with Crippen LogP contribution in [0.25, 0.3) is 44.7 Å². The smallest absolute Gasteiger partial charge is 0.329 e. The Morgan fingerprint density at radius 2 is 1.63 bits per heavy atom. The molecule has 0 radical (unpaired) electrons. The van der Waals surface area contributed by atoms with Gasteiger partial charge in [0.2, 0.25) is 11.8 Å². The molecule has 8 heterocycles. The van der Waals surface area contributed by atoms with Crippen molar-refractivity contribution in [2.24, 2.45) is 7.05 Å². The van der Waals surface area contributed by atoms with Crippen LogP contribution in [0.1, 0.15) is 114 Å². The molecular weight excluding hydrogens is 858 g/mol. The minimum atomic E-state index is -0.542. The number of hydrogen-bond acceptors (Lipinski definition) is 14. The number of amides is 4. The number of piperazine rings is 1. The van der Waals surface area contributed by atoms with E-state index in [2.05, 4.69) is 35.3 Å². The van der Waals surface area contributed by atoms with E-state index in [0.717, 1.165) is 107 Å². The van der Waals surface area contributed by atoms with E-state index < -0.39 is 6.03 Å². The van der Waals surface area contributed by atoms with Gasteiger partial charge >= 0.3 is 6.03 Å². The fourth-order valence-corrected chi connectivity index (χ4v) is 9.99. The topological polar surface area (TPSA) is 215 Å². The SMILES string of the molecule is CC(C)n1nc(-c2noc(C3CC3)c2-c2ncc(C3CCN(C(=O)CCCCCCCN4CCN(c5ccc6c(N7CCC(=O)NC7=O)nn(C)c6c5F)CC4)CC3)cn2)c2c(N)ncnc21. The van der Waals surface area contributed by atoms with Crippen LogP contribution >= 0.6 is 0 Å². The molecule has 3 saturated heterocycles. The van der Waals surface area contributed by atoms with Crippen molar-refractivity contribution in [3.63, 3.8) is 0 Å². The number of hydrogen-bond donors (Lipinski definition) is 2. The number of unbranched alkanes of at least 4 members (excludes halogenated alkanes) is 4. The quantitative estimate of drug-likeness (QED) is 0.108. The van der Waals surface area contributed by atoms with Crippen molar-refractivity contribution >= 4 is 57.1 Å². The zero-order chi connectivity index (χ0) is 46.3. The molecule has 0 spiro atoms. The Labute approximate surface area is 387 Å². The Bertz CT molecular complexity index is 2800. The third-order valence-electron chi connectivity index (χ3n) is 13.9. The van der Waals surface area contributed by atoms with E-state index in [1.807, 2.05) is 41.9 Å². The van der Waals surface area contributed by atoms with Gasteiger partial charge in [-0.3, -0.25) is 29.4 Å². The first-order valence-corrected chi connectivity index (χ1v) is 23.9. The summed E-state index contributed by atoms with van der Waals surface area (Å²) in [4.78, 5) is 63.7. The second kappa shape index (κ2) is 18.6. The Balaban J connectivity index is 0.650. The number of carbonyl (C=O) groups excluding carboxylic acids is 3. The van der Waals surface area contributed by atoms with Gasteiger partial charge in [-0.25, -0.2) is 33.8 Å². The number of aryl methyl sites for hydroxylation is 1. The molecule has 3 aliphatic heterocycles. The van der Waals surface area contributed by atoms with Crippen molar-refractivity contribution in [1.82, 2.24) is 59.8 Å². The van der Waals surface area contributed by atoms with Gasteiger partial charge in [0.05, 0.1) is 16.6 Å². The molecule has 5 aromatic heterocycles. The highest BCUT2D eigenvalue weighted by atomic mass is 19.1. The molecular formula is C47H58FN15O4. The number of halogens is 1. The number of benzene rings is 1. The lowest BCUT2D eigenvalue weighted by Crippen LogP contribution is -2.49. The molecule has 0 atom stereocenters. The average Bonchev–Trinajstić information content (AvgIpc) is 3.81. The molecule has 4 amide bonds. The van der Waals surface area contributed by atoms with Crippen LogP contribution in [0.2, 0.25) is 0 Å². The van der Waals surface area contributed by atoms with Crippen molar-refractivity contribution in [1.29, 1.82) is 0 Å². The summed E-state index contributed by atoms with van der Waals surface area (Å²) in [6.45, 7) is 9.86. The molecule has 6 aromatic rings. The maximum atomic E-state index is 16.0. The molecule has 4 fully saturated rings. The second-order valence-electron chi connectivity index (χ2n) is 18.7. The van der Waals surface area contributed by atoms with Gasteiger partial charge in [-0.2, -0.15) is 10.2 Å². The number of nitrogens with zero attached hydrogens (tertiary/aromatic N) is 13. The summed E-state index contributed by atoms with van der Waals surface area (Å²) >= 11 is 0. The number of nitrogens with one attached hydrogen (secondary N) is 1. The Hall–Kier alpha value is -6.57.